The fourth-order valence-electron chi connectivity index (χ4n) is 1.86. The monoisotopic (exact) mass is 260 g/mol. The lowest BCUT2D eigenvalue weighted by molar-refractivity contribution is 0.631. The van der Waals surface area contributed by atoms with E-state index in [-0.39, 0.29) is 0 Å². The largest absolute Gasteiger partial charge is 0.330 e. The minimum absolute atomic E-state index is 0.791. The summed E-state index contributed by atoms with van der Waals surface area (Å²) in [6.07, 6.45) is 2.26. The number of nitrogens with two attached hydrogens (primary N) is 1. The highest BCUT2D eigenvalue weighted by molar-refractivity contribution is 7.10. The lowest BCUT2D eigenvalue weighted by Gasteiger charge is -2.01. The van der Waals surface area contributed by atoms with Gasteiger partial charge < -0.3 is 11.1 Å². The number of thiophene rings is 1. The van der Waals surface area contributed by atoms with E-state index in [1.165, 1.54) is 16.0 Å². The van der Waals surface area contributed by atoms with Gasteiger partial charge in [-0.05, 0) is 48.5 Å². The van der Waals surface area contributed by atoms with Gasteiger partial charge in [-0.1, -0.05) is 30.3 Å². The zero-order valence-electron chi connectivity index (χ0n) is 10.6. The van der Waals surface area contributed by atoms with E-state index in [0.717, 1.165) is 32.5 Å². The number of unbranched alkanes of at least 4 members (excludes halogenated alkanes) is 1. The summed E-state index contributed by atoms with van der Waals surface area (Å²) in [5, 5.41) is 5.68. The maximum Gasteiger partial charge on any atom is 0.0299 e. The van der Waals surface area contributed by atoms with E-state index in [9.17, 15) is 0 Å². The van der Waals surface area contributed by atoms with Crippen molar-refractivity contribution in [3.63, 3.8) is 0 Å². The van der Waals surface area contributed by atoms with Gasteiger partial charge in [-0.2, -0.15) is 0 Å². The van der Waals surface area contributed by atoms with Crippen LogP contribution in [0, 0.1) is 0 Å². The summed E-state index contributed by atoms with van der Waals surface area (Å²) in [7, 11) is 0. The van der Waals surface area contributed by atoms with Crippen LogP contribution in [-0.2, 0) is 6.54 Å². The molecule has 0 atom stereocenters. The Bertz CT molecular complexity index is 451. The lowest BCUT2D eigenvalue weighted by Crippen LogP contribution is -2.15. The quantitative estimate of drug-likeness (QED) is 0.750. The molecule has 0 radical (unpaired) electrons. The first-order valence-electron chi connectivity index (χ1n) is 6.44. The van der Waals surface area contributed by atoms with Crippen molar-refractivity contribution >= 4 is 11.3 Å². The van der Waals surface area contributed by atoms with Gasteiger partial charge in [0.05, 0.1) is 0 Å². The molecule has 0 fully saturated rings. The van der Waals surface area contributed by atoms with Crippen LogP contribution in [0.25, 0.3) is 11.1 Å². The van der Waals surface area contributed by atoms with Crippen molar-refractivity contribution in [2.24, 2.45) is 5.73 Å². The van der Waals surface area contributed by atoms with Crippen LogP contribution in [0.2, 0.25) is 0 Å². The molecule has 2 aromatic rings. The summed E-state index contributed by atoms with van der Waals surface area (Å²) < 4.78 is 0. The van der Waals surface area contributed by atoms with Gasteiger partial charge in [-0.3, -0.25) is 0 Å². The SMILES string of the molecule is NCCCCNCc1cc(-c2ccccc2)cs1. The fourth-order valence-corrected chi connectivity index (χ4v) is 2.72. The Balaban J connectivity index is 1.83. The molecular formula is C15H20N2S. The third-order valence-corrected chi connectivity index (χ3v) is 3.80. The summed E-state index contributed by atoms with van der Waals surface area (Å²) >= 11 is 1.82. The highest BCUT2D eigenvalue weighted by Gasteiger charge is 2.01. The van der Waals surface area contributed by atoms with Gasteiger partial charge in [0.25, 0.3) is 0 Å². The van der Waals surface area contributed by atoms with Crippen LogP contribution in [0.3, 0.4) is 0 Å². The Hall–Kier alpha value is -1.16. The van der Waals surface area contributed by atoms with E-state index >= 15 is 0 Å². The normalized spacial score (nSPS) is 10.7. The van der Waals surface area contributed by atoms with E-state index < -0.39 is 0 Å². The molecule has 0 aliphatic carbocycles. The minimum atomic E-state index is 0.791. The van der Waals surface area contributed by atoms with Crippen molar-refractivity contribution in [1.82, 2.24) is 5.32 Å². The number of nitrogens with one attached hydrogen (secondary N) is 1. The minimum Gasteiger partial charge on any atom is -0.330 e. The zero-order valence-corrected chi connectivity index (χ0v) is 11.4. The van der Waals surface area contributed by atoms with E-state index in [0.29, 0.717) is 0 Å². The second-order valence-corrected chi connectivity index (χ2v) is 5.34. The zero-order chi connectivity index (χ0) is 12.6. The lowest BCUT2D eigenvalue weighted by atomic mass is 10.1. The van der Waals surface area contributed by atoms with E-state index in [1.807, 2.05) is 11.3 Å². The number of rotatable bonds is 7. The van der Waals surface area contributed by atoms with Crippen molar-refractivity contribution in [2.45, 2.75) is 19.4 Å². The van der Waals surface area contributed by atoms with Crippen LogP contribution in [0.1, 0.15) is 17.7 Å². The predicted octanol–water partition coefficient (Wildman–Crippen LogP) is 3.24. The summed E-state index contributed by atoms with van der Waals surface area (Å²) in [4.78, 5) is 1.39. The first kappa shape index (κ1) is 13.3. The van der Waals surface area contributed by atoms with E-state index in [2.05, 4.69) is 47.1 Å². The molecule has 2 rings (SSSR count). The Morgan fingerprint density at radius 1 is 1.06 bits per heavy atom. The Morgan fingerprint density at radius 2 is 1.89 bits per heavy atom. The third-order valence-electron chi connectivity index (χ3n) is 2.87. The Kier molecular flexibility index (Phi) is 5.39. The van der Waals surface area contributed by atoms with Gasteiger partial charge in [0.2, 0.25) is 0 Å². The second-order valence-electron chi connectivity index (χ2n) is 4.34. The molecule has 0 aliphatic heterocycles. The van der Waals surface area contributed by atoms with Gasteiger partial charge in [0.15, 0.2) is 0 Å². The second kappa shape index (κ2) is 7.31. The van der Waals surface area contributed by atoms with Crippen molar-refractivity contribution in [1.29, 1.82) is 0 Å². The maximum absolute atomic E-state index is 5.46. The summed E-state index contributed by atoms with van der Waals surface area (Å²) in [6.45, 7) is 2.80. The highest BCUT2D eigenvalue weighted by Crippen LogP contribution is 2.25. The predicted molar refractivity (Wildman–Crippen MR) is 79.8 cm³/mol. The van der Waals surface area contributed by atoms with Crippen LogP contribution in [0.15, 0.2) is 41.8 Å². The summed E-state index contributed by atoms with van der Waals surface area (Å²) in [6, 6.07) is 12.8. The molecule has 0 amide bonds. The van der Waals surface area contributed by atoms with Crippen molar-refractivity contribution in [3.05, 3.63) is 46.7 Å². The van der Waals surface area contributed by atoms with Gasteiger partial charge in [0, 0.05) is 11.4 Å². The molecule has 0 unspecified atom stereocenters. The topological polar surface area (TPSA) is 38.0 Å². The van der Waals surface area contributed by atoms with Crippen molar-refractivity contribution in [3.8, 4) is 11.1 Å². The van der Waals surface area contributed by atoms with Crippen LogP contribution >= 0.6 is 11.3 Å². The number of hydrogen-bond donors (Lipinski definition) is 2. The highest BCUT2D eigenvalue weighted by atomic mass is 32.1. The van der Waals surface area contributed by atoms with Gasteiger partial charge in [-0.15, -0.1) is 11.3 Å². The molecule has 96 valence electrons. The Morgan fingerprint density at radius 3 is 2.67 bits per heavy atom. The molecular weight excluding hydrogens is 240 g/mol. The molecule has 0 saturated heterocycles. The van der Waals surface area contributed by atoms with Crippen molar-refractivity contribution in [2.75, 3.05) is 13.1 Å². The molecule has 0 saturated carbocycles. The van der Waals surface area contributed by atoms with Crippen LogP contribution < -0.4 is 11.1 Å². The van der Waals surface area contributed by atoms with Crippen LogP contribution in [0.4, 0.5) is 0 Å². The fraction of sp³-hybridized carbons (Fsp3) is 0.333. The molecule has 1 aromatic heterocycles. The molecule has 2 nitrogen and oxygen atoms in total. The summed E-state index contributed by atoms with van der Waals surface area (Å²) in [5.41, 5.74) is 8.08. The van der Waals surface area contributed by atoms with E-state index in [1.54, 1.807) is 0 Å². The first-order valence-corrected chi connectivity index (χ1v) is 7.32. The number of hydrogen-bond acceptors (Lipinski definition) is 3. The molecule has 0 spiro atoms. The van der Waals surface area contributed by atoms with Gasteiger partial charge in [0.1, 0.15) is 0 Å². The maximum atomic E-state index is 5.46. The average Bonchev–Trinajstić information content (AvgIpc) is 2.88. The molecule has 3 N–H and O–H groups in total. The molecule has 0 aliphatic rings. The standard InChI is InChI=1S/C15H20N2S/c16-8-4-5-9-17-11-15-10-14(12-18-15)13-6-2-1-3-7-13/h1-3,6-7,10,12,17H,4-5,8-9,11,16H2. The molecule has 1 aromatic carbocycles. The van der Waals surface area contributed by atoms with Gasteiger partial charge >= 0.3 is 0 Å². The molecule has 1 heterocycles. The van der Waals surface area contributed by atoms with Gasteiger partial charge in [-0.25, -0.2) is 0 Å². The van der Waals surface area contributed by atoms with Crippen molar-refractivity contribution < 1.29 is 0 Å². The number of benzene rings is 1. The third kappa shape index (κ3) is 3.95. The summed E-state index contributed by atoms with van der Waals surface area (Å²) in [5.74, 6) is 0. The molecule has 0 bridgehead atoms. The average molecular weight is 260 g/mol. The Labute approximate surface area is 113 Å². The van der Waals surface area contributed by atoms with Crippen LogP contribution in [0.5, 0.6) is 0 Å². The molecule has 18 heavy (non-hydrogen) atoms. The van der Waals surface area contributed by atoms with E-state index in [4.69, 9.17) is 5.73 Å². The van der Waals surface area contributed by atoms with Crippen LogP contribution in [-0.4, -0.2) is 13.1 Å². The first-order chi connectivity index (χ1) is 8.90. The molecule has 3 heteroatoms. The smallest absolute Gasteiger partial charge is 0.0299 e.